The van der Waals surface area contributed by atoms with E-state index in [0.717, 1.165) is 6.42 Å². The number of aromatic amines is 1. The summed E-state index contributed by atoms with van der Waals surface area (Å²) in [6.07, 6.45) is 2.97. The fraction of sp³-hybridized carbons (Fsp3) is 0.250. The van der Waals surface area contributed by atoms with E-state index in [2.05, 4.69) is 23.2 Å². The molecule has 2 aromatic rings. The van der Waals surface area contributed by atoms with E-state index in [1.54, 1.807) is 0 Å². The summed E-state index contributed by atoms with van der Waals surface area (Å²) in [6, 6.07) is 10.3. The molecule has 0 radical (unpaired) electrons. The lowest BCUT2D eigenvalue weighted by molar-refractivity contribution is -0.137. The van der Waals surface area contributed by atoms with Crippen LogP contribution in [0.2, 0.25) is 0 Å². The van der Waals surface area contributed by atoms with E-state index < -0.39 is 5.97 Å². The van der Waals surface area contributed by atoms with E-state index in [0.29, 0.717) is 6.42 Å². The molecular formula is C12H17NO2S. The van der Waals surface area contributed by atoms with Gasteiger partial charge in [-0.3, -0.25) is 4.79 Å². The third-order valence-corrected chi connectivity index (χ3v) is 1.93. The molecule has 0 saturated heterocycles. The molecule has 4 heteroatoms. The van der Waals surface area contributed by atoms with Crippen LogP contribution in [0, 0.1) is 0 Å². The normalized spacial score (nSPS) is 8.81. The number of carboxylic acids is 1. The Morgan fingerprint density at radius 2 is 2.00 bits per heavy atom. The SMILES string of the molecule is CCCC(=O)O.S.c1ccc2[nH]ccc2c1. The van der Waals surface area contributed by atoms with Gasteiger partial charge in [0, 0.05) is 18.1 Å². The third-order valence-electron chi connectivity index (χ3n) is 1.93. The van der Waals surface area contributed by atoms with Crippen molar-refractivity contribution in [3.8, 4) is 0 Å². The summed E-state index contributed by atoms with van der Waals surface area (Å²) in [5, 5.41) is 9.19. The maximum absolute atomic E-state index is 9.60. The Bertz CT molecular complexity index is 395. The summed E-state index contributed by atoms with van der Waals surface area (Å²) in [4.78, 5) is 12.7. The van der Waals surface area contributed by atoms with Crippen LogP contribution in [0.5, 0.6) is 0 Å². The summed E-state index contributed by atoms with van der Waals surface area (Å²) in [5.74, 6) is -0.711. The Labute approximate surface area is 102 Å². The van der Waals surface area contributed by atoms with Crippen LogP contribution in [0.1, 0.15) is 19.8 Å². The molecule has 0 amide bonds. The highest BCUT2D eigenvalue weighted by Crippen LogP contribution is 2.09. The lowest BCUT2D eigenvalue weighted by Gasteiger charge is -1.83. The van der Waals surface area contributed by atoms with Crippen molar-refractivity contribution in [1.29, 1.82) is 0 Å². The fourth-order valence-electron chi connectivity index (χ4n) is 1.21. The molecule has 2 rings (SSSR count). The number of aliphatic carboxylic acids is 1. The topological polar surface area (TPSA) is 53.1 Å². The first-order valence-corrected chi connectivity index (χ1v) is 4.98. The number of hydrogen-bond donors (Lipinski definition) is 2. The van der Waals surface area contributed by atoms with Crippen LogP contribution in [0.25, 0.3) is 10.9 Å². The molecular weight excluding hydrogens is 222 g/mol. The molecule has 1 aromatic carbocycles. The van der Waals surface area contributed by atoms with Crippen molar-refractivity contribution in [3.05, 3.63) is 36.5 Å². The van der Waals surface area contributed by atoms with Crippen LogP contribution < -0.4 is 0 Å². The van der Waals surface area contributed by atoms with Crippen LogP contribution in [-0.4, -0.2) is 16.1 Å². The van der Waals surface area contributed by atoms with Gasteiger partial charge in [-0.05, 0) is 23.9 Å². The number of fused-ring (bicyclic) bond motifs is 1. The van der Waals surface area contributed by atoms with Gasteiger partial charge in [0.05, 0.1) is 0 Å². The third kappa shape index (κ3) is 4.89. The molecule has 0 atom stereocenters. The molecule has 2 N–H and O–H groups in total. The molecule has 0 unspecified atom stereocenters. The first-order chi connectivity index (χ1) is 7.24. The van der Waals surface area contributed by atoms with Crippen LogP contribution >= 0.6 is 13.5 Å². The molecule has 0 aliphatic rings. The standard InChI is InChI=1S/C8H7N.C4H8O2.H2S/c1-2-4-8-7(3-1)5-6-9-8;1-2-3-4(5)6;/h1-6,9H;2-3H2,1H3,(H,5,6);1H2. The monoisotopic (exact) mass is 239 g/mol. The molecule has 0 aliphatic heterocycles. The Morgan fingerprint density at radius 1 is 1.31 bits per heavy atom. The van der Waals surface area contributed by atoms with Crippen LogP contribution in [0.15, 0.2) is 36.5 Å². The smallest absolute Gasteiger partial charge is 0.303 e. The largest absolute Gasteiger partial charge is 0.481 e. The fourth-order valence-corrected chi connectivity index (χ4v) is 1.21. The average molecular weight is 239 g/mol. The number of nitrogens with one attached hydrogen (secondary N) is 1. The van der Waals surface area contributed by atoms with Crippen LogP contribution in [0.4, 0.5) is 0 Å². The Balaban J connectivity index is 0.000000289. The summed E-state index contributed by atoms with van der Waals surface area (Å²) >= 11 is 0. The minimum atomic E-state index is -0.711. The number of carbonyl (C=O) groups is 1. The number of para-hydroxylation sites is 1. The summed E-state index contributed by atoms with van der Waals surface area (Å²) in [7, 11) is 0. The van der Waals surface area contributed by atoms with E-state index in [9.17, 15) is 4.79 Å². The van der Waals surface area contributed by atoms with Crippen molar-refractivity contribution in [1.82, 2.24) is 4.98 Å². The number of rotatable bonds is 2. The first kappa shape index (κ1) is 14.6. The highest BCUT2D eigenvalue weighted by Gasteiger charge is 1.87. The second-order valence-corrected chi connectivity index (χ2v) is 3.21. The second-order valence-electron chi connectivity index (χ2n) is 3.21. The summed E-state index contributed by atoms with van der Waals surface area (Å²) in [6.45, 7) is 1.84. The summed E-state index contributed by atoms with van der Waals surface area (Å²) < 4.78 is 0. The molecule has 0 saturated carbocycles. The van der Waals surface area contributed by atoms with Crippen molar-refractivity contribution >= 4 is 30.4 Å². The van der Waals surface area contributed by atoms with Gasteiger partial charge in [-0.2, -0.15) is 13.5 Å². The summed E-state index contributed by atoms with van der Waals surface area (Å²) in [5.41, 5.74) is 1.21. The van der Waals surface area contributed by atoms with Crippen molar-refractivity contribution in [2.24, 2.45) is 0 Å². The molecule has 3 nitrogen and oxygen atoms in total. The molecule has 0 spiro atoms. The highest BCUT2D eigenvalue weighted by molar-refractivity contribution is 7.59. The van der Waals surface area contributed by atoms with E-state index in [1.807, 2.05) is 25.3 Å². The maximum atomic E-state index is 9.60. The predicted octanol–water partition coefficient (Wildman–Crippen LogP) is 3.15. The van der Waals surface area contributed by atoms with Crippen molar-refractivity contribution < 1.29 is 9.90 Å². The van der Waals surface area contributed by atoms with Crippen molar-refractivity contribution in [2.45, 2.75) is 19.8 Å². The zero-order valence-corrected chi connectivity index (χ0v) is 10.2. The Morgan fingerprint density at radius 3 is 2.50 bits per heavy atom. The number of hydrogen-bond acceptors (Lipinski definition) is 1. The van der Waals surface area contributed by atoms with E-state index in [4.69, 9.17) is 5.11 Å². The lowest BCUT2D eigenvalue weighted by Crippen LogP contribution is -1.90. The van der Waals surface area contributed by atoms with Gasteiger partial charge in [-0.1, -0.05) is 25.1 Å². The molecule has 16 heavy (non-hydrogen) atoms. The zero-order chi connectivity index (χ0) is 11.1. The van der Waals surface area contributed by atoms with Crippen molar-refractivity contribution in [2.75, 3.05) is 0 Å². The molecule has 0 fully saturated rings. The molecule has 0 aliphatic carbocycles. The molecule has 1 aromatic heterocycles. The van der Waals surface area contributed by atoms with Gasteiger partial charge in [-0.15, -0.1) is 0 Å². The Hall–Kier alpha value is -1.42. The molecule has 0 bridgehead atoms. The zero-order valence-electron chi connectivity index (χ0n) is 9.23. The van der Waals surface area contributed by atoms with Gasteiger partial charge in [0.2, 0.25) is 0 Å². The van der Waals surface area contributed by atoms with Crippen molar-refractivity contribution in [3.63, 3.8) is 0 Å². The first-order valence-electron chi connectivity index (χ1n) is 4.98. The van der Waals surface area contributed by atoms with Crippen LogP contribution in [-0.2, 0) is 4.79 Å². The van der Waals surface area contributed by atoms with Gasteiger partial charge in [-0.25, -0.2) is 0 Å². The Kier molecular flexibility index (Phi) is 7.12. The number of benzene rings is 1. The predicted molar refractivity (Wildman–Crippen MR) is 71.2 cm³/mol. The minimum Gasteiger partial charge on any atom is -0.481 e. The number of aromatic nitrogens is 1. The number of carboxylic acid groups (broad SMARTS) is 1. The second kappa shape index (κ2) is 7.82. The molecule has 1 heterocycles. The number of H-pyrrole nitrogens is 1. The average Bonchev–Trinajstić information content (AvgIpc) is 2.65. The van der Waals surface area contributed by atoms with Gasteiger partial charge in [0.25, 0.3) is 0 Å². The van der Waals surface area contributed by atoms with Crippen LogP contribution in [0.3, 0.4) is 0 Å². The van der Waals surface area contributed by atoms with E-state index >= 15 is 0 Å². The van der Waals surface area contributed by atoms with Gasteiger partial charge >= 0.3 is 5.97 Å². The van der Waals surface area contributed by atoms with Gasteiger partial charge in [0.1, 0.15) is 0 Å². The molecule has 88 valence electrons. The van der Waals surface area contributed by atoms with E-state index in [1.165, 1.54) is 10.9 Å². The van der Waals surface area contributed by atoms with Gasteiger partial charge in [0.15, 0.2) is 0 Å². The minimum absolute atomic E-state index is 0. The highest BCUT2D eigenvalue weighted by atomic mass is 32.1. The quantitative estimate of drug-likeness (QED) is 0.845. The van der Waals surface area contributed by atoms with E-state index in [-0.39, 0.29) is 13.5 Å². The maximum Gasteiger partial charge on any atom is 0.303 e. The van der Waals surface area contributed by atoms with Gasteiger partial charge < -0.3 is 10.1 Å². The lowest BCUT2D eigenvalue weighted by atomic mass is 10.3.